The largest absolute Gasteiger partial charge is 0.493 e. The summed E-state index contributed by atoms with van der Waals surface area (Å²) in [6.45, 7) is 10.3. The number of carbonyl (C=O) groups is 1. The number of aromatic nitrogens is 3. The second-order valence-corrected chi connectivity index (χ2v) is 13.3. The molecule has 2 fully saturated rings. The lowest BCUT2D eigenvalue weighted by Gasteiger charge is -2.21. The molecular formula is C37H56N5O2+. The molecule has 3 aliphatic rings. The highest BCUT2D eigenvalue weighted by atomic mass is 16.5. The SMILES string of the molecule is CCCC1(C)CC1.CCCCN(C)c1ccc[n+](C)c1.O=CCN1CC(c2ccc3c(c2)CCO3)CC1CCc1ncc[nH]1. The van der Waals surface area contributed by atoms with Crippen molar-refractivity contribution < 1.29 is 14.1 Å². The fourth-order valence-electron chi connectivity index (χ4n) is 6.43. The van der Waals surface area contributed by atoms with Crippen LogP contribution in [0.15, 0.2) is 55.1 Å². The van der Waals surface area contributed by atoms with Crippen molar-refractivity contribution >= 4 is 12.0 Å². The monoisotopic (exact) mass is 602 g/mol. The summed E-state index contributed by atoms with van der Waals surface area (Å²) in [5.41, 5.74) is 4.80. The highest BCUT2D eigenvalue weighted by Gasteiger charge is 2.35. The number of anilines is 1. The van der Waals surface area contributed by atoms with Gasteiger partial charge < -0.3 is 19.4 Å². The number of pyridine rings is 1. The van der Waals surface area contributed by atoms with Crippen molar-refractivity contribution in [2.75, 3.05) is 38.2 Å². The number of hydrogen-bond donors (Lipinski definition) is 1. The number of fused-ring (bicyclic) bond motifs is 1. The Hall–Kier alpha value is -3.19. The van der Waals surface area contributed by atoms with Crippen LogP contribution < -0.4 is 14.2 Å². The molecule has 0 spiro atoms. The molecule has 1 aliphatic carbocycles. The van der Waals surface area contributed by atoms with Gasteiger partial charge in [-0.3, -0.25) is 4.90 Å². The first-order valence-electron chi connectivity index (χ1n) is 16.9. The van der Waals surface area contributed by atoms with Crippen LogP contribution in [0.25, 0.3) is 0 Å². The van der Waals surface area contributed by atoms with Gasteiger partial charge in [-0.15, -0.1) is 0 Å². The minimum atomic E-state index is 0.440. The number of nitrogens with zero attached hydrogens (tertiary/aromatic N) is 4. The average Bonchev–Trinajstić information content (AvgIpc) is 3.46. The molecule has 0 bridgehead atoms. The zero-order chi connectivity index (χ0) is 31.4. The van der Waals surface area contributed by atoms with E-state index in [0.717, 1.165) is 68.7 Å². The molecule has 44 heavy (non-hydrogen) atoms. The topological polar surface area (TPSA) is 65.3 Å². The van der Waals surface area contributed by atoms with E-state index in [2.05, 4.69) is 102 Å². The van der Waals surface area contributed by atoms with Gasteiger partial charge in [-0.2, -0.15) is 0 Å². The minimum Gasteiger partial charge on any atom is -0.493 e. The zero-order valence-corrected chi connectivity index (χ0v) is 27.9. The summed E-state index contributed by atoms with van der Waals surface area (Å²) < 4.78 is 7.69. The summed E-state index contributed by atoms with van der Waals surface area (Å²) >= 11 is 0. The number of ether oxygens (including phenoxy) is 1. The average molecular weight is 603 g/mol. The van der Waals surface area contributed by atoms with E-state index in [9.17, 15) is 4.79 Å². The molecule has 4 heterocycles. The van der Waals surface area contributed by atoms with Crippen molar-refractivity contribution in [1.82, 2.24) is 14.9 Å². The quantitative estimate of drug-likeness (QED) is 0.185. The number of hydrogen-bond acceptors (Lipinski definition) is 5. The van der Waals surface area contributed by atoms with Crippen LogP contribution in [0.2, 0.25) is 0 Å². The van der Waals surface area contributed by atoms with Crippen molar-refractivity contribution in [2.24, 2.45) is 12.5 Å². The number of nitrogens with one attached hydrogen (secondary N) is 1. The molecular weight excluding hydrogens is 546 g/mol. The first kappa shape index (κ1) is 33.7. The number of unbranched alkanes of at least 4 members (excludes halogenated alkanes) is 1. The molecule has 2 unspecified atom stereocenters. The number of aryl methyl sites for hydroxylation is 2. The van der Waals surface area contributed by atoms with E-state index < -0.39 is 0 Å². The minimum absolute atomic E-state index is 0.440. The van der Waals surface area contributed by atoms with E-state index in [1.165, 1.54) is 55.3 Å². The number of imidazole rings is 1. The Labute approximate surface area is 266 Å². The van der Waals surface area contributed by atoms with Crippen molar-refractivity contribution in [3.8, 4) is 5.75 Å². The van der Waals surface area contributed by atoms with Gasteiger partial charge in [0, 0.05) is 57.5 Å². The summed E-state index contributed by atoms with van der Waals surface area (Å²) in [5.74, 6) is 2.56. The van der Waals surface area contributed by atoms with Crippen LogP contribution in [0.4, 0.5) is 5.69 Å². The van der Waals surface area contributed by atoms with Gasteiger partial charge in [-0.25, -0.2) is 9.55 Å². The van der Waals surface area contributed by atoms with Crippen molar-refractivity contribution in [1.29, 1.82) is 0 Å². The van der Waals surface area contributed by atoms with Crippen LogP contribution in [0.3, 0.4) is 0 Å². The fraction of sp³-hybridized carbons (Fsp3) is 0.595. The highest BCUT2D eigenvalue weighted by Crippen LogP contribution is 2.48. The van der Waals surface area contributed by atoms with E-state index >= 15 is 0 Å². The fourth-order valence-corrected chi connectivity index (χ4v) is 6.43. The standard InChI is InChI=1S/C19H23N3O2.C11H19N2.C7H14/c23-9-8-22-13-16(12-17(22)2-4-19-20-6-7-21-19)14-1-3-18-15(11-14)5-10-24-18;1-4-5-9-13(3)11-7-6-8-12(2)10-11;1-3-4-7(2)5-6-7/h1,3,6-7,9,11,16-17H,2,4-5,8,10,12-13H2,(H,20,21);6-8,10H,4-5,9H2,1-3H3;3-6H2,1-2H3/q;+1;. The van der Waals surface area contributed by atoms with Gasteiger partial charge >= 0.3 is 0 Å². The maximum absolute atomic E-state index is 11.1. The van der Waals surface area contributed by atoms with Crippen LogP contribution in [-0.2, 0) is 24.7 Å². The molecule has 2 aromatic heterocycles. The third-order valence-electron chi connectivity index (χ3n) is 9.46. The molecule has 7 heteroatoms. The summed E-state index contributed by atoms with van der Waals surface area (Å²) in [4.78, 5) is 23.2. The molecule has 1 saturated heterocycles. The van der Waals surface area contributed by atoms with Gasteiger partial charge in [-0.05, 0) is 73.1 Å². The second-order valence-electron chi connectivity index (χ2n) is 13.3. The molecule has 0 amide bonds. The second kappa shape index (κ2) is 16.8. The lowest BCUT2D eigenvalue weighted by atomic mass is 9.93. The van der Waals surface area contributed by atoms with Crippen LogP contribution in [0.1, 0.15) is 95.0 Å². The summed E-state index contributed by atoms with van der Waals surface area (Å²) in [5, 5.41) is 0. The third kappa shape index (κ3) is 10.2. The number of benzene rings is 1. The van der Waals surface area contributed by atoms with Gasteiger partial charge in [0.1, 0.15) is 30.6 Å². The van der Waals surface area contributed by atoms with E-state index in [4.69, 9.17) is 4.74 Å². The normalized spacial score (nSPS) is 19.6. The number of carbonyl (C=O) groups excluding carboxylic acids is 1. The first-order valence-corrected chi connectivity index (χ1v) is 16.9. The molecule has 2 aliphatic heterocycles. The number of likely N-dealkylation sites (tertiary alicyclic amines) is 1. The Kier molecular flexibility index (Phi) is 12.8. The van der Waals surface area contributed by atoms with Gasteiger partial charge in [0.05, 0.1) is 13.2 Å². The molecule has 7 nitrogen and oxygen atoms in total. The van der Waals surface area contributed by atoms with Crippen molar-refractivity contribution in [2.45, 2.75) is 96.9 Å². The Bertz CT molecular complexity index is 1270. The lowest BCUT2D eigenvalue weighted by Crippen LogP contribution is -2.31. The molecule has 1 N–H and O–H groups in total. The maximum atomic E-state index is 11.1. The zero-order valence-electron chi connectivity index (χ0n) is 27.9. The van der Waals surface area contributed by atoms with Crippen LogP contribution in [-0.4, -0.2) is 60.5 Å². The first-order chi connectivity index (χ1) is 21.3. The summed E-state index contributed by atoms with van der Waals surface area (Å²) in [6, 6.07) is 11.3. The predicted octanol–water partition coefficient (Wildman–Crippen LogP) is 6.67. The van der Waals surface area contributed by atoms with Gasteiger partial charge in [-0.1, -0.05) is 45.7 Å². The Morgan fingerprint density at radius 1 is 1.23 bits per heavy atom. The maximum Gasteiger partial charge on any atom is 0.192 e. The van der Waals surface area contributed by atoms with Crippen LogP contribution in [0.5, 0.6) is 5.75 Å². The molecule has 240 valence electrons. The predicted molar refractivity (Wildman–Crippen MR) is 179 cm³/mol. The molecule has 3 aromatic rings. The van der Waals surface area contributed by atoms with Gasteiger partial charge in [0.2, 0.25) is 0 Å². The molecule has 1 aromatic carbocycles. The highest BCUT2D eigenvalue weighted by molar-refractivity contribution is 5.52. The van der Waals surface area contributed by atoms with E-state index in [-0.39, 0.29) is 0 Å². The lowest BCUT2D eigenvalue weighted by molar-refractivity contribution is -0.670. The van der Waals surface area contributed by atoms with Gasteiger partial charge in [0.25, 0.3) is 0 Å². The molecule has 2 atom stereocenters. The van der Waals surface area contributed by atoms with Crippen molar-refractivity contribution in [3.63, 3.8) is 0 Å². The molecule has 0 radical (unpaired) electrons. The van der Waals surface area contributed by atoms with Gasteiger partial charge in [0.15, 0.2) is 12.4 Å². The Morgan fingerprint density at radius 3 is 2.73 bits per heavy atom. The Balaban J connectivity index is 0.000000184. The smallest absolute Gasteiger partial charge is 0.192 e. The molecule has 1 saturated carbocycles. The van der Waals surface area contributed by atoms with E-state index in [0.29, 0.717) is 18.5 Å². The Morgan fingerprint density at radius 2 is 2.07 bits per heavy atom. The van der Waals surface area contributed by atoms with E-state index in [1.54, 1.807) is 6.20 Å². The number of H-pyrrole nitrogens is 1. The summed E-state index contributed by atoms with van der Waals surface area (Å²) in [6.07, 6.45) is 21.3. The third-order valence-corrected chi connectivity index (χ3v) is 9.46. The van der Waals surface area contributed by atoms with Crippen LogP contribution >= 0.6 is 0 Å². The van der Waals surface area contributed by atoms with Crippen molar-refractivity contribution in [3.05, 3.63) is 72.1 Å². The van der Waals surface area contributed by atoms with Crippen LogP contribution in [0, 0.1) is 5.41 Å². The number of aldehydes is 1. The molecule has 6 rings (SSSR count). The van der Waals surface area contributed by atoms with E-state index in [1.807, 2.05) is 6.20 Å². The number of aromatic amines is 1. The summed E-state index contributed by atoms with van der Waals surface area (Å²) in [7, 11) is 4.20. The number of rotatable bonds is 12.